The molecule has 0 aromatic carbocycles. The summed E-state index contributed by atoms with van der Waals surface area (Å²) >= 11 is 0. The van der Waals surface area contributed by atoms with E-state index >= 15 is 0 Å². The Morgan fingerprint density at radius 1 is 1.24 bits per heavy atom. The second-order valence-corrected chi connectivity index (χ2v) is 6.15. The van der Waals surface area contributed by atoms with Crippen LogP contribution in [0.1, 0.15) is 12.8 Å². The molecule has 0 amide bonds. The van der Waals surface area contributed by atoms with Gasteiger partial charge in [0.15, 0.2) is 5.82 Å². The first-order chi connectivity index (χ1) is 10.2. The van der Waals surface area contributed by atoms with Crippen molar-refractivity contribution in [2.75, 3.05) is 50.7 Å². The van der Waals surface area contributed by atoms with Crippen molar-refractivity contribution in [3.8, 4) is 0 Å². The Bertz CT molecular complexity index is 515. The molecule has 0 saturated carbocycles. The molecular weight excluding hydrogens is 266 g/mol. The van der Waals surface area contributed by atoms with Crippen molar-refractivity contribution >= 4 is 5.82 Å². The molecule has 21 heavy (non-hydrogen) atoms. The zero-order valence-corrected chi connectivity index (χ0v) is 12.8. The van der Waals surface area contributed by atoms with Crippen LogP contribution in [-0.4, -0.2) is 60.3 Å². The second-order valence-electron chi connectivity index (χ2n) is 6.15. The maximum absolute atomic E-state index is 12.1. The molecule has 6 nitrogen and oxygen atoms in total. The summed E-state index contributed by atoms with van der Waals surface area (Å²) in [5.41, 5.74) is 0.00399. The van der Waals surface area contributed by atoms with Crippen molar-refractivity contribution in [1.29, 1.82) is 0 Å². The maximum atomic E-state index is 12.1. The summed E-state index contributed by atoms with van der Waals surface area (Å²) in [5, 5.41) is 3.42. The molecule has 0 bridgehead atoms. The summed E-state index contributed by atoms with van der Waals surface area (Å²) in [7, 11) is 1.78. The van der Waals surface area contributed by atoms with E-state index < -0.39 is 0 Å². The summed E-state index contributed by atoms with van der Waals surface area (Å²) in [6.45, 7) is 7.39. The van der Waals surface area contributed by atoms with Crippen LogP contribution in [0.2, 0.25) is 0 Å². The van der Waals surface area contributed by atoms with E-state index in [0.29, 0.717) is 5.82 Å². The van der Waals surface area contributed by atoms with Gasteiger partial charge in [-0.1, -0.05) is 0 Å². The SMILES string of the molecule is Cn1ccnc(N2CCN(CC3CCNCC3)CC2)c1=O. The number of nitrogens with zero attached hydrogens (tertiary/aromatic N) is 4. The molecule has 3 rings (SSSR count). The molecule has 1 aromatic heterocycles. The largest absolute Gasteiger partial charge is 0.349 e. The Kier molecular flexibility index (Phi) is 4.55. The molecule has 116 valence electrons. The van der Waals surface area contributed by atoms with E-state index in [1.165, 1.54) is 19.4 Å². The second kappa shape index (κ2) is 6.58. The fourth-order valence-electron chi connectivity index (χ4n) is 3.27. The van der Waals surface area contributed by atoms with Crippen LogP contribution >= 0.6 is 0 Å². The normalized spacial score (nSPS) is 21.7. The van der Waals surface area contributed by atoms with E-state index in [-0.39, 0.29) is 5.56 Å². The van der Waals surface area contributed by atoms with Crippen LogP contribution in [0.4, 0.5) is 5.82 Å². The first kappa shape index (κ1) is 14.5. The first-order valence-corrected chi connectivity index (χ1v) is 7.93. The zero-order valence-electron chi connectivity index (χ0n) is 12.8. The quantitative estimate of drug-likeness (QED) is 0.843. The maximum Gasteiger partial charge on any atom is 0.293 e. The predicted molar refractivity (Wildman–Crippen MR) is 83.7 cm³/mol. The van der Waals surface area contributed by atoms with Gasteiger partial charge in [-0.15, -0.1) is 0 Å². The number of aryl methyl sites for hydroxylation is 1. The summed E-state index contributed by atoms with van der Waals surface area (Å²) < 4.78 is 1.60. The Morgan fingerprint density at radius 2 is 1.95 bits per heavy atom. The van der Waals surface area contributed by atoms with Gasteiger partial charge in [0.05, 0.1) is 0 Å². The molecule has 0 atom stereocenters. The average molecular weight is 291 g/mol. The van der Waals surface area contributed by atoms with Crippen molar-refractivity contribution in [2.24, 2.45) is 13.0 Å². The Morgan fingerprint density at radius 3 is 2.67 bits per heavy atom. The molecule has 2 aliphatic rings. The summed E-state index contributed by atoms with van der Waals surface area (Å²) in [4.78, 5) is 21.0. The van der Waals surface area contributed by atoms with Crippen molar-refractivity contribution < 1.29 is 0 Å². The number of rotatable bonds is 3. The Hall–Kier alpha value is -1.40. The number of anilines is 1. The highest BCUT2D eigenvalue weighted by molar-refractivity contribution is 5.36. The van der Waals surface area contributed by atoms with Crippen LogP contribution in [0.15, 0.2) is 17.2 Å². The van der Waals surface area contributed by atoms with Gasteiger partial charge >= 0.3 is 0 Å². The molecule has 2 saturated heterocycles. The topological polar surface area (TPSA) is 53.4 Å². The number of aromatic nitrogens is 2. The van der Waals surface area contributed by atoms with Crippen LogP contribution in [-0.2, 0) is 7.05 Å². The van der Waals surface area contributed by atoms with Crippen molar-refractivity contribution in [3.05, 3.63) is 22.7 Å². The van der Waals surface area contributed by atoms with Gasteiger partial charge in [-0.05, 0) is 31.8 Å². The zero-order chi connectivity index (χ0) is 14.7. The monoisotopic (exact) mass is 291 g/mol. The molecule has 0 unspecified atom stereocenters. The van der Waals surface area contributed by atoms with Crippen molar-refractivity contribution in [3.63, 3.8) is 0 Å². The van der Waals surface area contributed by atoms with Crippen LogP contribution in [0, 0.1) is 5.92 Å². The molecule has 0 radical (unpaired) electrons. The minimum Gasteiger partial charge on any atom is -0.349 e. The minimum atomic E-state index is 0.00399. The smallest absolute Gasteiger partial charge is 0.293 e. The molecule has 0 spiro atoms. The van der Waals surface area contributed by atoms with Crippen LogP contribution in [0.3, 0.4) is 0 Å². The first-order valence-electron chi connectivity index (χ1n) is 7.93. The van der Waals surface area contributed by atoms with Crippen LogP contribution in [0.5, 0.6) is 0 Å². The Balaban J connectivity index is 1.55. The lowest BCUT2D eigenvalue weighted by molar-refractivity contribution is 0.196. The summed E-state index contributed by atoms with van der Waals surface area (Å²) in [5.74, 6) is 1.43. The van der Waals surface area contributed by atoms with E-state index in [4.69, 9.17) is 0 Å². The highest BCUT2D eigenvalue weighted by Gasteiger charge is 2.23. The molecule has 6 heteroatoms. The number of piperazine rings is 1. The van der Waals surface area contributed by atoms with Gasteiger partial charge < -0.3 is 14.8 Å². The predicted octanol–water partition coefficient (Wildman–Crippen LogP) is -0.0981. The van der Waals surface area contributed by atoms with Gasteiger partial charge in [-0.3, -0.25) is 9.69 Å². The van der Waals surface area contributed by atoms with E-state index in [2.05, 4.69) is 20.1 Å². The fraction of sp³-hybridized carbons (Fsp3) is 0.733. The van der Waals surface area contributed by atoms with Gasteiger partial charge in [-0.25, -0.2) is 4.98 Å². The summed E-state index contributed by atoms with van der Waals surface area (Å²) in [6, 6.07) is 0. The number of nitrogens with one attached hydrogen (secondary N) is 1. The number of hydrogen-bond donors (Lipinski definition) is 1. The van der Waals surface area contributed by atoms with Gasteiger partial charge in [-0.2, -0.15) is 0 Å². The molecule has 2 aliphatic heterocycles. The molecule has 2 fully saturated rings. The minimum absolute atomic E-state index is 0.00399. The van der Waals surface area contributed by atoms with E-state index in [1.54, 1.807) is 24.0 Å². The third-order valence-corrected chi connectivity index (χ3v) is 4.65. The molecule has 1 N–H and O–H groups in total. The van der Waals surface area contributed by atoms with E-state index in [9.17, 15) is 4.79 Å². The van der Waals surface area contributed by atoms with Gasteiger partial charge in [0, 0.05) is 52.2 Å². The van der Waals surface area contributed by atoms with E-state index in [0.717, 1.165) is 45.2 Å². The van der Waals surface area contributed by atoms with Gasteiger partial charge in [0.25, 0.3) is 5.56 Å². The third-order valence-electron chi connectivity index (χ3n) is 4.65. The fourth-order valence-corrected chi connectivity index (χ4v) is 3.27. The standard InChI is InChI=1S/C15H25N5O/c1-18-7-6-17-14(15(18)21)20-10-8-19(9-11-20)12-13-2-4-16-5-3-13/h6-7,13,16H,2-5,8-12H2,1H3. The number of hydrogen-bond acceptors (Lipinski definition) is 5. The van der Waals surface area contributed by atoms with Crippen molar-refractivity contribution in [2.45, 2.75) is 12.8 Å². The lowest BCUT2D eigenvalue weighted by Crippen LogP contribution is -2.50. The number of piperidine rings is 1. The van der Waals surface area contributed by atoms with Crippen molar-refractivity contribution in [1.82, 2.24) is 19.8 Å². The summed E-state index contributed by atoms with van der Waals surface area (Å²) in [6.07, 6.45) is 6.00. The average Bonchev–Trinajstić information content (AvgIpc) is 2.52. The molecule has 3 heterocycles. The van der Waals surface area contributed by atoms with Crippen LogP contribution in [0.25, 0.3) is 0 Å². The highest BCUT2D eigenvalue weighted by Crippen LogP contribution is 2.15. The highest BCUT2D eigenvalue weighted by atomic mass is 16.1. The lowest BCUT2D eigenvalue weighted by Gasteiger charge is -2.37. The van der Waals surface area contributed by atoms with Gasteiger partial charge in [0.1, 0.15) is 0 Å². The van der Waals surface area contributed by atoms with Gasteiger partial charge in [0.2, 0.25) is 0 Å². The lowest BCUT2D eigenvalue weighted by atomic mass is 9.97. The molecule has 1 aromatic rings. The third kappa shape index (κ3) is 3.44. The molecular formula is C15H25N5O. The van der Waals surface area contributed by atoms with E-state index in [1.807, 2.05) is 0 Å². The van der Waals surface area contributed by atoms with Crippen LogP contribution < -0.4 is 15.8 Å². The molecule has 0 aliphatic carbocycles. The Labute approximate surface area is 125 Å².